The molecule has 30 heavy (non-hydrogen) atoms. The Labute approximate surface area is 186 Å². The molecule has 1 amide bonds. The zero-order valence-corrected chi connectivity index (χ0v) is 19.3. The van der Waals surface area contributed by atoms with Gasteiger partial charge in [0.1, 0.15) is 0 Å². The lowest BCUT2D eigenvalue weighted by molar-refractivity contribution is -0.117. The molecule has 1 atom stereocenters. The van der Waals surface area contributed by atoms with Crippen LogP contribution in [0.3, 0.4) is 0 Å². The predicted octanol–water partition coefficient (Wildman–Crippen LogP) is 6.46. The standard InChI is InChI=1S/C26H34N2OS/c1-4-5-12-23(24-15-17-25(30-3)18-16-24)13-7-14-26(29)28-21(2)9-6-10-22-11-8-19-27-20-22/h7-8,11,13-21H,4-6,9-10,12H2,1-3H3,(H,28,29)/b14-7+,23-13+/t21-/m1/s1. The van der Waals surface area contributed by atoms with Crippen molar-refractivity contribution in [3.63, 3.8) is 0 Å². The van der Waals surface area contributed by atoms with Crippen LogP contribution in [-0.2, 0) is 11.2 Å². The molecule has 160 valence electrons. The summed E-state index contributed by atoms with van der Waals surface area (Å²) in [6.07, 6.45) is 17.7. The molecule has 4 heteroatoms. The quantitative estimate of drug-likeness (QED) is 0.242. The molecule has 0 aliphatic rings. The number of pyridine rings is 1. The van der Waals surface area contributed by atoms with Gasteiger partial charge in [-0.25, -0.2) is 0 Å². The number of unbranched alkanes of at least 4 members (excludes halogenated alkanes) is 1. The lowest BCUT2D eigenvalue weighted by Crippen LogP contribution is -2.31. The fraction of sp³-hybridized carbons (Fsp3) is 0.385. The van der Waals surface area contributed by atoms with Crippen LogP contribution in [0.2, 0.25) is 0 Å². The molecule has 0 aliphatic carbocycles. The fourth-order valence-corrected chi connectivity index (χ4v) is 3.68. The van der Waals surface area contributed by atoms with Crippen molar-refractivity contribution in [1.29, 1.82) is 0 Å². The lowest BCUT2D eigenvalue weighted by Gasteiger charge is -2.12. The minimum Gasteiger partial charge on any atom is -0.350 e. The third kappa shape index (κ3) is 9.00. The van der Waals surface area contributed by atoms with Crippen molar-refractivity contribution in [1.82, 2.24) is 10.3 Å². The Morgan fingerprint density at radius 2 is 2.00 bits per heavy atom. The highest BCUT2D eigenvalue weighted by atomic mass is 32.2. The summed E-state index contributed by atoms with van der Waals surface area (Å²) in [6, 6.07) is 12.9. The highest BCUT2D eigenvalue weighted by Crippen LogP contribution is 2.24. The summed E-state index contributed by atoms with van der Waals surface area (Å²) >= 11 is 1.75. The summed E-state index contributed by atoms with van der Waals surface area (Å²) in [4.78, 5) is 17.7. The van der Waals surface area contributed by atoms with E-state index in [0.29, 0.717) is 0 Å². The largest absolute Gasteiger partial charge is 0.350 e. The number of rotatable bonds is 12. The molecule has 1 heterocycles. The predicted molar refractivity (Wildman–Crippen MR) is 130 cm³/mol. The Hall–Kier alpha value is -2.33. The lowest BCUT2D eigenvalue weighted by atomic mass is 10.00. The molecule has 0 radical (unpaired) electrons. The van der Waals surface area contributed by atoms with Crippen molar-refractivity contribution in [2.45, 2.75) is 63.3 Å². The van der Waals surface area contributed by atoms with E-state index in [-0.39, 0.29) is 11.9 Å². The summed E-state index contributed by atoms with van der Waals surface area (Å²) < 4.78 is 0. The van der Waals surface area contributed by atoms with Gasteiger partial charge in [-0.05, 0) is 80.2 Å². The van der Waals surface area contributed by atoms with Gasteiger partial charge in [-0.2, -0.15) is 0 Å². The third-order valence-electron chi connectivity index (χ3n) is 5.02. The van der Waals surface area contributed by atoms with E-state index in [2.05, 4.69) is 66.8 Å². The molecule has 0 bridgehead atoms. The van der Waals surface area contributed by atoms with Crippen LogP contribution in [0.4, 0.5) is 0 Å². The maximum atomic E-state index is 12.3. The highest BCUT2D eigenvalue weighted by molar-refractivity contribution is 7.98. The number of benzene rings is 1. The number of aryl methyl sites for hydroxylation is 1. The van der Waals surface area contributed by atoms with Gasteiger partial charge >= 0.3 is 0 Å². The number of allylic oxidation sites excluding steroid dienone is 3. The van der Waals surface area contributed by atoms with Crippen LogP contribution in [0.15, 0.2) is 71.9 Å². The highest BCUT2D eigenvalue weighted by Gasteiger charge is 2.05. The number of hydrogen-bond acceptors (Lipinski definition) is 3. The summed E-state index contributed by atoms with van der Waals surface area (Å²) in [5.41, 5.74) is 3.75. The van der Waals surface area contributed by atoms with Crippen molar-refractivity contribution in [2.75, 3.05) is 6.26 Å². The molecule has 3 nitrogen and oxygen atoms in total. The minimum absolute atomic E-state index is 0.0345. The van der Waals surface area contributed by atoms with Crippen LogP contribution >= 0.6 is 11.8 Å². The van der Waals surface area contributed by atoms with Gasteiger partial charge in [0.15, 0.2) is 0 Å². The second-order valence-electron chi connectivity index (χ2n) is 7.55. The van der Waals surface area contributed by atoms with Gasteiger partial charge in [0.25, 0.3) is 0 Å². The fourth-order valence-electron chi connectivity index (χ4n) is 3.27. The van der Waals surface area contributed by atoms with Crippen molar-refractivity contribution < 1.29 is 4.79 Å². The van der Waals surface area contributed by atoms with Crippen molar-refractivity contribution in [2.24, 2.45) is 0 Å². The first-order valence-corrected chi connectivity index (χ1v) is 12.1. The van der Waals surface area contributed by atoms with Crippen molar-refractivity contribution in [3.05, 3.63) is 78.1 Å². The molecule has 2 rings (SSSR count). The van der Waals surface area contributed by atoms with Gasteiger partial charge in [-0.15, -0.1) is 11.8 Å². The van der Waals surface area contributed by atoms with Gasteiger partial charge in [-0.1, -0.05) is 43.7 Å². The number of amides is 1. The van der Waals surface area contributed by atoms with Crippen LogP contribution in [0, 0.1) is 0 Å². The third-order valence-corrected chi connectivity index (χ3v) is 5.76. The summed E-state index contributed by atoms with van der Waals surface area (Å²) in [5.74, 6) is -0.0345. The van der Waals surface area contributed by atoms with E-state index in [0.717, 1.165) is 38.5 Å². The molecule has 0 fully saturated rings. The zero-order valence-electron chi connectivity index (χ0n) is 18.4. The Bertz CT molecular complexity index is 813. The SMILES string of the molecule is CCCC/C(=C\C=C\C(=O)N[C@H](C)CCCc1cccnc1)c1ccc(SC)cc1. The molecule has 0 saturated heterocycles. The molecule has 0 unspecified atom stereocenters. The van der Waals surface area contributed by atoms with E-state index in [9.17, 15) is 4.79 Å². The van der Waals surface area contributed by atoms with E-state index in [1.807, 2.05) is 18.3 Å². The van der Waals surface area contributed by atoms with Crippen LogP contribution in [0.25, 0.3) is 5.57 Å². The van der Waals surface area contributed by atoms with Crippen molar-refractivity contribution >= 4 is 23.2 Å². The van der Waals surface area contributed by atoms with Gasteiger partial charge in [0, 0.05) is 29.4 Å². The van der Waals surface area contributed by atoms with E-state index < -0.39 is 0 Å². The molecule has 2 aromatic rings. The molecular formula is C26H34N2OS. The first kappa shape index (κ1) is 23.9. The number of nitrogens with one attached hydrogen (secondary N) is 1. The molecular weight excluding hydrogens is 388 g/mol. The minimum atomic E-state index is -0.0345. The summed E-state index contributed by atoms with van der Waals surface area (Å²) in [5, 5.41) is 3.06. The van der Waals surface area contributed by atoms with Gasteiger partial charge < -0.3 is 5.32 Å². The first-order valence-electron chi connectivity index (χ1n) is 10.8. The second-order valence-corrected chi connectivity index (χ2v) is 8.43. The van der Waals surface area contributed by atoms with Crippen LogP contribution in [0.1, 0.15) is 57.1 Å². The Morgan fingerprint density at radius 3 is 2.67 bits per heavy atom. The summed E-state index contributed by atoms with van der Waals surface area (Å²) in [6.45, 7) is 4.26. The average molecular weight is 423 g/mol. The number of hydrogen-bond donors (Lipinski definition) is 1. The number of carbonyl (C=O) groups is 1. The smallest absolute Gasteiger partial charge is 0.244 e. The first-order chi connectivity index (χ1) is 14.6. The monoisotopic (exact) mass is 422 g/mol. The summed E-state index contributed by atoms with van der Waals surface area (Å²) in [7, 11) is 0. The molecule has 0 aliphatic heterocycles. The van der Waals surface area contributed by atoms with Gasteiger partial charge in [0.05, 0.1) is 0 Å². The Balaban J connectivity index is 1.85. The zero-order chi connectivity index (χ0) is 21.6. The maximum absolute atomic E-state index is 12.3. The number of aromatic nitrogens is 1. The molecule has 1 aromatic carbocycles. The van der Waals surface area contributed by atoms with E-state index in [1.54, 1.807) is 24.0 Å². The molecule has 1 aromatic heterocycles. The average Bonchev–Trinajstić information content (AvgIpc) is 2.77. The topological polar surface area (TPSA) is 42.0 Å². The van der Waals surface area contributed by atoms with Gasteiger partial charge in [-0.3, -0.25) is 9.78 Å². The molecule has 0 saturated carbocycles. The normalized spacial score (nSPS) is 12.8. The number of nitrogens with zero attached hydrogens (tertiary/aromatic N) is 1. The van der Waals surface area contributed by atoms with Crippen molar-refractivity contribution in [3.8, 4) is 0 Å². The maximum Gasteiger partial charge on any atom is 0.244 e. The van der Waals surface area contributed by atoms with E-state index >= 15 is 0 Å². The van der Waals surface area contributed by atoms with E-state index in [4.69, 9.17) is 0 Å². The van der Waals surface area contributed by atoms with Crippen LogP contribution < -0.4 is 5.32 Å². The molecule has 1 N–H and O–H groups in total. The van der Waals surface area contributed by atoms with Gasteiger partial charge in [0.2, 0.25) is 5.91 Å². The van der Waals surface area contributed by atoms with Crippen LogP contribution in [-0.4, -0.2) is 23.2 Å². The number of thioether (sulfide) groups is 1. The Kier molecular flexibility index (Phi) is 11.0. The number of carbonyl (C=O) groups excluding carboxylic acids is 1. The van der Waals surface area contributed by atoms with Crippen LogP contribution in [0.5, 0.6) is 0 Å². The Morgan fingerprint density at radius 1 is 1.20 bits per heavy atom. The molecule has 0 spiro atoms. The van der Waals surface area contributed by atoms with E-state index in [1.165, 1.54) is 21.6 Å². The second kappa shape index (κ2) is 13.8.